The SMILES string of the molecule is Cc1cc(C)cc(C(O)Cn2c(=O)oc3cccnc32)c1. The summed E-state index contributed by atoms with van der Waals surface area (Å²) in [6, 6.07) is 9.26. The van der Waals surface area contributed by atoms with E-state index in [2.05, 4.69) is 4.98 Å². The van der Waals surface area contributed by atoms with Crippen molar-refractivity contribution in [3.05, 3.63) is 63.8 Å². The number of oxazole rings is 1. The molecule has 0 radical (unpaired) electrons. The number of nitrogens with zero attached hydrogens (tertiary/aromatic N) is 2. The molecule has 3 rings (SSSR count). The third kappa shape index (κ3) is 2.60. The lowest BCUT2D eigenvalue weighted by Crippen LogP contribution is -2.19. The molecule has 2 aromatic heterocycles. The van der Waals surface area contributed by atoms with E-state index < -0.39 is 11.9 Å². The van der Waals surface area contributed by atoms with E-state index in [9.17, 15) is 9.90 Å². The number of hydrogen-bond acceptors (Lipinski definition) is 4. The minimum Gasteiger partial charge on any atom is -0.406 e. The Morgan fingerprint density at radius 3 is 2.71 bits per heavy atom. The van der Waals surface area contributed by atoms with E-state index in [0.717, 1.165) is 16.7 Å². The second-order valence-corrected chi connectivity index (χ2v) is 5.24. The molecule has 5 nitrogen and oxygen atoms in total. The molecule has 0 spiro atoms. The van der Waals surface area contributed by atoms with Crippen molar-refractivity contribution in [2.24, 2.45) is 0 Å². The maximum Gasteiger partial charge on any atom is 0.421 e. The lowest BCUT2D eigenvalue weighted by Gasteiger charge is -2.13. The molecule has 1 aromatic carbocycles. The average molecular weight is 284 g/mol. The van der Waals surface area contributed by atoms with Crippen LogP contribution in [-0.4, -0.2) is 14.7 Å². The van der Waals surface area contributed by atoms with Crippen molar-refractivity contribution in [2.45, 2.75) is 26.5 Å². The van der Waals surface area contributed by atoms with Gasteiger partial charge in [0.2, 0.25) is 0 Å². The molecule has 108 valence electrons. The van der Waals surface area contributed by atoms with Crippen LogP contribution in [0, 0.1) is 13.8 Å². The third-order valence-electron chi connectivity index (χ3n) is 3.41. The van der Waals surface area contributed by atoms with Crippen molar-refractivity contribution in [3.63, 3.8) is 0 Å². The fourth-order valence-electron chi connectivity index (χ4n) is 2.54. The first-order valence-electron chi connectivity index (χ1n) is 6.75. The Kier molecular flexibility index (Phi) is 3.35. The molecule has 0 saturated heterocycles. The molecule has 1 N–H and O–H groups in total. The molecule has 0 aliphatic carbocycles. The first-order chi connectivity index (χ1) is 10.0. The first-order valence-corrected chi connectivity index (χ1v) is 6.75. The van der Waals surface area contributed by atoms with Crippen LogP contribution in [-0.2, 0) is 6.54 Å². The van der Waals surface area contributed by atoms with Gasteiger partial charge < -0.3 is 9.52 Å². The van der Waals surface area contributed by atoms with E-state index in [0.29, 0.717) is 11.2 Å². The van der Waals surface area contributed by atoms with E-state index in [1.54, 1.807) is 18.3 Å². The molecular formula is C16H16N2O3. The van der Waals surface area contributed by atoms with Gasteiger partial charge in [0.15, 0.2) is 11.2 Å². The second kappa shape index (κ2) is 5.18. The summed E-state index contributed by atoms with van der Waals surface area (Å²) in [6.45, 7) is 4.07. The van der Waals surface area contributed by atoms with E-state index >= 15 is 0 Å². The predicted octanol–water partition coefficient (Wildman–Crippen LogP) is 2.34. The van der Waals surface area contributed by atoms with E-state index in [-0.39, 0.29) is 6.54 Å². The first kappa shape index (κ1) is 13.6. The highest BCUT2D eigenvalue weighted by Crippen LogP contribution is 2.20. The summed E-state index contributed by atoms with van der Waals surface area (Å²) >= 11 is 0. The summed E-state index contributed by atoms with van der Waals surface area (Å²) in [4.78, 5) is 16.0. The number of aromatic nitrogens is 2. The Bertz CT molecular complexity index is 828. The van der Waals surface area contributed by atoms with E-state index in [1.165, 1.54) is 4.57 Å². The Balaban J connectivity index is 1.98. The van der Waals surface area contributed by atoms with Crippen molar-refractivity contribution in [3.8, 4) is 0 Å². The molecule has 0 bridgehead atoms. The summed E-state index contributed by atoms with van der Waals surface area (Å²) < 4.78 is 6.48. The van der Waals surface area contributed by atoms with Crippen molar-refractivity contribution in [1.29, 1.82) is 0 Å². The molecule has 0 aliphatic rings. The lowest BCUT2D eigenvalue weighted by molar-refractivity contribution is 0.154. The third-order valence-corrected chi connectivity index (χ3v) is 3.41. The van der Waals surface area contributed by atoms with Gasteiger partial charge in [-0.15, -0.1) is 0 Å². The maximum atomic E-state index is 11.9. The molecule has 2 heterocycles. The topological polar surface area (TPSA) is 68.3 Å². The largest absolute Gasteiger partial charge is 0.421 e. The van der Waals surface area contributed by atoms with E-state index in [4.69, 9.17) is 4.42 Å². The number of hydrogen-bond donors (Lipinski definition) is 1. The highest BCUT2D eigenvalue weighted by atomic mass is 16.4. The smallest absolute Gasteiger partial charge is 0.406 e. The summed E-state index contributed by atoms with van der Waals surface area (Å²) in [6.07, 6.45) is 0.806. The summed E-state index contributed by atoms with van der Waals surface area (Å²) in [7, 11) is 0. The van der Waals surface area contributed by atoms with Crippen LogP contribution in [0.2, 0.25) is 0 Å². The Morgan fingerprint density at radius 1 is 1.29 bits per heavy atom. The molecule has 0 amide bonds. The highest BCUT2D eigenvalue weighted by molar-refractivity contribution is 5.67. The van der Waals surface area contributed by atoms with Gasteiger partial charge in [-0.3, -0.25) is 4.57 Å². The van der Waals surface area contributed by atoms with Crippen LogP contribution >= 0.6 is 0 Å². The van der Waals surface area contributed by atoms with Gasteiger partial charge in [-0.2, -0.15) is 0 Å². The Labute approximate surface area is 121 Å². The van der Waals surface area contributed by atoms with Crippen molar-refractivity contribution in [1.82, 2.24) is 9.55 Å². The Morgan fingerprint density at radius 2 is 2.00 bits per heavy atom. The van der Waals surface area contributed by atoms with Crippen LogP contribution in [0.15, 0.2) is 45.7 Å². The average Bonchev–Trinajstić information content (AvgIpc) is 2.74. The predicted molar refractivity (Wildman–Crippen MR) is 79.1 cm³/mol. The fourth-order valence-corrected chi connectivity index (χ4v) is 2.54. The van der Waals surface area contributed by atoms with Crippen molar-refractivity contribution < 1.29 is 9.52 Å². The number of aryl methyl sites for hydroxylation is 2. The fraction of sp³-hybridized carbons (Fsp3) is 0.250. The monoisotopic (exact) mass is 284 g/mol. The standard InChI is InChI=1S/C16H16N2O3/c1-10-6-11(2)8-12(7-10)13(19)9-18-15-14(21-16(18)20)4-3-5-17-15/h3-8,13,19H,9H2,1-2H3. The molecule has 0 aliphatic heterocycles. The van der Waals surface area contributed by atoms with Gasteiger partial charge >= 0.3 is 5.76 Å². The number of fused-ring (bicyclic) bond motifs is 1. The van der Waals surface area contributed by atoms with Crippen molar-refractivity contribution >= 4 is 11.2 Å². The quantitative estimate of drug-likeness (QED) is 0.801. The molecule has 5 heteroatoms. The number of benzene rings is 1. The zero-order valence-corrected chi connectivity index (χ0v) is 11.9. The van der Waals surface area contributed by atoms with Crippen molar-refractivity contribution in [2.75, 3.05) is 0 Å². The number of aliphatic hydroxyl groups excluding tert-OH is 1. The number of rotatable bonds is 3. The van der Waals surface area contributed by atoms with Crippen LogP contribution < -0.4 is 5.76 Å². The molecule has 1 unspecified atom stereocenters. The van der Waals surface area contributed by atoms with Gasteiger partial charge in [0.25, 0.3) is 0 Å². The maximum absolute atomic E-state index is 11.9. The van der Waals surface area contributed by atoms with Crippen LogP contribution in [0.3, 0.4) is 0 Å². The van der Waals surface area contributed by atoms with Crippen LogP contribution in [0.25, 0.3) is 11.2 Å². The van der Waals surface area contributed by atoms with Gasteiger partial charge in [0, 0.05) is 6.20 Å². The molecule has 3 aromatic rings. The summed E-state index contributed by atoms with van der Waals surface area (Å²) in [5, 5.41) is 10.4. The zero-order valence-electron chi connectivity index (χ0n) is 11.9. The summed E-state index contributed by atoms with van der Waals surface area (Å²) in [5.41, 5.74) is 3.81. The minimum absolute atomic E-state index is 0.117. The second-order valence-electron chi connectivity index (χ2n) is 5.24. The normalized spacial score (nSPS) is 12.7. The number of aliphatic hydroxyl groups is 1. The van der Waals surface area contributed by atoms with Crippen LogP contribution in [0.4, 0.5) is 0 Å². The van der Waals surface area contributed by atoms with Gasteiger partial charge in [0.1, 0.15) is 0 Å². The minimum atomic E-state index is -0.788. The number of pyridine rings is 1. The van der Waals surface area contributed by atoms with Gasteiger partial charge in [0.05, 0.1) is 12.6 Å². The highest BCUT2D eigenvalue weighted by Gasteiger charge is 2.15. The molecule has 21 heavy (non-hydrogen) atoms. The van der Waals surface area contributed by atoms with Gasteiger partial charge in [-0.1, -0.05) is 29.3 Å². The lowest BCUT2D eigenvalue weighted by atomic mass is 10.0. The van der Waals surface area contributed by atoms with Crippen LogP contribution in [0.5, 0.6) is 0 Å². The van der Waals surface area contributed by atoms with Crippen LogP contribution in [0.1, 0.15) is 22.8 Å². The molecular weight excluding hydrogens is 268 g/mol. The van der Waals surface area contributed by atoms with E-state index in [1.807, 2.05) is 32.0 Å². The molecule has 1 atom stereocenters. The molecule has 0 saturated carbocycles. The van der Waals surface area contributed by atoms with Gasteiger partial charge in [-0.05, 0) is 31.5 Å². The Hall–Kier alpha value is -2.40. The van der Waals surface area contributed by atoms with Gasteiger partial charge in [-0.25, -0.2) is 9.78 Å². The zero-order chi connectivity index (χ0) is 15.0. The molecule has 0 fully saturated rings. The summed E-state index contributed by atoms with van der Waals surface area (Å²) in [5.74, 6) is -0.507.